The van der Waals surface area contributed by atoms with Gasteiger partial charge in [0.2, 0.25) is 43.7 Å². The third-order valence-corrected chi connectivity index (χ3v) is 14.1. The molecule has 0 aliphatic carbocycles. The normalized spacial score (nSPS) is 15.6. The van der Waals surface area contributed by atoms with Crippen LogP contribution in [0.4, 0.5) is 0 Å². The first kappa shape index (κ1) is 53.1. The van der Waals surface area contributed by atoms with Crippen molar-refractivity contribution >= 4 is 43.7 Å². The van der Waals surface area contributed by atoms with E-state index in [0.29, 0.717) is 11.1 Å². The number of aliphatic hydroxyl groups is 2. The van der Waals surface area contributed by atoms with Crippen molar-refractivity contribution in [3.05, 3.63) is 131 Å². The van der Waals surface area contributed by atoms with E-state index in [0.717, 1.165) is 11.1 Å². The van der Waals surface area contributed by atoms with Crippen LogP contribution in [0.15, 0.2) is 119 Å². The molecule has 0 heterocycles. The molecular formula is C48H64N6O10S2. The number of benzene rings is 4. The Morgan fingerprint density at radius 1 is 0.455 bits per heavy atom. The Bertz CT molecular complexity index is 2280. The number of hydrogen-bond donors (Lipinski definition) is 8. The Morgan fingerprint density at radius 2 is 0.758 bits per heavy atom. The lowest BCUT2D eigenvalue weighted by Gasteiger charge is -2.35. The van der Waals surface area contributed by atoms with Gasteiger partial charge in [0.05, 0.1) is 34.0 Å². The molecule has 4 amide bonds. The minimum Gasteiger partial charge on any atom is -0.388 e. The summed E-state index contributed by atoms with van der Waals surface area (Å²) in [6.45, 7) is 13.0. The Labute approximate surface area is 388 Å². The molecule has 8 N–H and O–H groups in total. The average Bonchev–Trinajstić information content (AvgIpc) is 3.26. The second kappa shape index (κ2) is 23.8. The van der Waals surface area contributed by atoms with E-state index >= 15 is 0 Å². The highest BCUT2D eigenvalue weighted by Crippen LogP contribution is 2.18. The van der Waals surface area contributed by atoms with Crippen LogP contribution in [-0.4, -0.2) is 99.1 Å². The van der Waals surface area contributed by atoms with E-state index in [2.05, 4.69) is 30.7 Å². The molecule has 0 aromatic heterocycles. The molecule has 0 aliphatic rings. The molecule has 4 unspecified atom stereocenters. The van der Waals surface area contributed by atoms with E-state index < -0.39 is 104 Å². The zero-order chi connectivity index (χ0) is 48.9. The largest absolute Gasteiger partial charge is 0.388 e. The van der Waals surface area contributed by atoms with Gasteiger partial charge >= 0.3 is 0 Å². The molecule has 0 saturated heterocycles. The third kappa shape index (κ3) is 15.3. The van der Waals surface area contributed by atoms with Crippen LogP contribution in [0.3, 0.4) is 0 Å². The van der Waals surface area contributed by atoms with Gasteiger partial charge in [-0.2, -0.15) is 9.44 Å². The molecule has 0 saturated carbocycles. The van der Waals surface area contributed by atoms with Crippen LogP contribution in [0.1, 0.15) is 63.8 Å². The molecule has 0 fully saturated rings. The van der Waals surface area contributed by atoms with E-state index in [1.165, 1.54) is 38.1 Å². The van der Waals surface area contributed by atoms with Crippen LogP contribution in [0, 0.1) is 25.7 Å². The van der Waals surface area contributed by atoms with Gasteiger partial charge in [0.15, 0.2) is 0 Å². The van der Waals surface area contributed by atoms with Crippen molar-refractivity contribution in [1.82, 2.24) is 30.7 Å². The van der Waals surface area contributed by atoms with Crippen molar-refractivity contribution in [2.45, 2.75) is 126 Å². The lowest BCUT2D eigenvalue weighted by atomic mass is 9.90. The van der Waals surface area contributed by atoms with Crippen LogP contribution in [0.2, 0.25) is 0 Å². The minimum absolute atomic E-state index is 0.00336. The molecule has 4 aromatic rings. The maximum Gasteiger partial charge on any atom is 0.243 e. The van der Waals surface area contributed by atoms with E-state index in [9.17, 15) is 46.2 Å². The van der Waals surface area contributed by atoms with Gasteiger partial charge < -0.3 is 31.5 Å². The summed E-state index contributed by atoms with van der Waals surface area (Å²) in [6.07, 6.45) is -3.47. The second-order valence-electron chi connectivity index (χ2n) is 17.4. The molecule has 4 rings (SSSR count). The average molecular weight is 949 g/mol. The standard InChI is InChI=1S/C48H64N6O10S2/c1-29(2)41(51-45(57)33(7)53-65(61,62)37-23-19-31(5)20-24-37)47(59)49-39(27-35-15-11-9-12-16-35)43(55)44(56)40(28-36-17-13-10-14-18-36)50-48(60)42(30(3)4)52-46(58)34(8)54-66(63,64)38-25-21-32(6)22-26-38/h9-26,29-30,33-34,39-44,53-56H,27-28H2,1-8H3,(H,49,59)(H,50,60)(H,51,57)(H,52,58)/t33-,34-,39?,40?,41-,42-,43?,44?/m0/s1. The molecule has 358 valence electrons. The van der Waals surface area contributed by atoms with Crippen molar-refractivity contribution in [2.24, 2.45) is 11.8 Å². The van der Waals surface area contributed by atoms with E-state index in [-0.39, 0.29) is 22.6 Å². The Morgan fingerprint density at radius 3 is 1.05 bits per heavy atom. The Balaban J connectivity index is 1.56. The Hall–Kier alpha value is -5.50. The molecule has 0 aliphatic heterocycles. The summed E-state index contributed by atoms with van der Waals surface area (Å²) < 4.78 is 56.9. The summed E-state index contributed by atoms with van der Waals surface area (Å²) in [6, 6.07) is 22.5. The van der Waals surface area contributed by atoms with Gasteiger partial charge in [0.25, 0.3) is 0 Å². The molecule has 0 spiro atoms. The summed E-state index contributed by atoms with van der Waals surface area (Å²) in [5.41, 5.74) is 3.05. The summed E-state index contributed by atoms with van der Waals surface area (Å²) in [4.78, 5) is 55.1. The zero-order valence-corrected chi connectivity index (χ0v) is 40.2. The SMILES string of the molecule is Cc1ccc(S(=O)(=O)N[C@@H](C)C(=O)N[C@H](C(=O)NC(Cc2ccccc2)C(O)C(O)C(Cc2ccccc2)NC(=O)[C@@H](NC(=O)[C@H](C)NS(=O)(=O)c2ccc(C)cc2)C(C)C)C(C)C)cc1. The van der Waals surface area contributed by atoms with Crippen LogP contribution in [0.5, 0.6) is 0 Å². The lowest BCUT2D eigenvalue weighted by Crippen LogP contribution is -2.62. The van der Waals surface area contributed by atoms with E-state index in [1.54, 1.807) is 113 Å². The number of aryl methyl sites for hydroxylation is 2. The molecule has 8 atom stereocenters. The van der Waals surface area contributed by atoms with Gasteiger partial charge in [0.1, 0.15) is 24.3 Å². The Kier molecular flexibility index (Phi) is 19.2. The summed E-state index contributed by atoms with van der Waals surface area (Å²) in [5.74, 6) is -4.06. The highest BCUT2D eigenvalue weighted by Gasteiger charge is 2.38. The summed E-state index contributed by atoms with van der Waals surface area (Å²) in [7, 11) is -8.19. The second-order valence-corrected chi connectivity index (χ2v) is 20.8. The quantitative estimate of drug-likeness (QED) is 0.0540. The number of aliphatic hydroxyl groups excluding tert-OH is 2. The first-order valence-electron chi connectivity index (χ1n) is 21.8. The van der Waals surface area contributed by atoms with Gasteiger partial charge in [-0.15, -0.1) is 0 Å². The molecule has 66 heavy (non-hydrogen) atoms. The maximum atomic E-state index is 14.1. The predicted octanol–water partition coefficient (Wildman–Crippen LogP) is 2.80. The fourth-order valence-electron chi connectivity index (χ4n) is 7.04. The number of carbonyl (C=O) groups excluding carboxylic acids is 4. The number of carbonyl (C=O) groups is 4. The monoisotopic (exact) mass is 948 g/mol. The molecule has 4 aromatic carbocycles. The number of hydrogen-bond acceptors (Lipinski definition) is 10. The maximum absolute atomic E-state index is 14.1. The molecular weight excluding hydrogens is 885 g/mol. The van der Waals surface area contributed by atoms with Gasteiger partial charge in [0, 0.05) is 0 Å². The van der Waals surface area contributed by atoms with E-state index in [1.807, 2.05) is 13.8 Å². The van der Waals surface area contributed by atoms with Gasteiger partial charge in [-0.05, 0) is 87.8 Å². The fourth-order valence-corrected chi connectivity index (χ4v) is 9.45. The zero-order valence-electron chi connectivity index (χ0n) is 38.6. The number of amides is 4. The lowest BCUT2D eigenvalue weighted by molar-refractivity contribution is -0.133. The molecule has 16 nitrogen and oxygen atoms in total. The smallest absolute Gasteiger partial charge is 0.243 e. The van der Waals surface area contributed by atoms with Crippen molar-refractivity contribution in [3.8, 4) is 0 Å². The summed E-state index contributed by atoms with van der Waals surface area (Å²) >= 11 is 0. The topological polar surface area (TPSA) is 249 Å². The van der Waals surface area contributed by atoms with Crippen molar-refractivity contribution in [2.75, 3.05) is 0 Å². The number of rotatable bonds is 23. The van der Waals surface area contributed by atoms with Crippen LogP contribution < -0.4 is 30.7 Å². The van der Waals surface area contributed by atoms with Crippen LogP contribution in [0.25, 0.3) is 0 Å². The van der Waals surface area contributed by atoms with Crippen LogP contribution in [-0.2, 0) is 52.1 Å². The fraction of sp³-hybridized carbons (Fsp3) is 0.417. The van der Waals surface area contributed by atoms with Crippen LogP contribution >= 0.6 is 0 Å². The molecule has 18 heteroatoms. The third-order valence-electron chi connectivity index (χ3n) is 11.0. The van der Waals surface area contributed by atoms with Gasteiger partial charge in [-0.1, -0.05) is 124 Å². The van der Waals surface area contributed by atoms with E-state index in [4.69, 9.17) is 0 Å². The first-order valence-corrected chi connectivity index (χ1v) is 24.8. The van der Waals surface area contributed by atoms with Gasteiger partial charge in [-0.3, -0.25) is 19.2 Å². The van der Waals surface area contributed by atoms with Crippen molar-refractivity contribution in [3.63, 3.8) is 0 Å². The minimum atomic E-state index is -4.10. The first-order chi connectivity index (χ1) is 31.0. The molecule has 0 radical (unpaired) electrons. The van der Waals surface area contributed by atoms with Crippen molar-refractivity contribution < 1.29 is 46.2 Å². The van der Waals surface area contributed by atoms with Gasteiger partial charge in [-0.25, -0.2) is 16.8 Å². The predicted molar refractivity (Wildman–Crippen MR) is 252 cm³/mol. The van der Waals surface area contributed by atoms with Crippen molar-refractivity contribution in [1.29, 1.82) is 0 Å². The highest BCUT2D eigenvalue weighted by molar-refractivity contribution is 7.89. The number of nitrogens with one attached hydrogen (secondary N) is 6. The number of sulfonamides is 2. The summed E-state index contributed by atoms with van der Waals surface area (Å²) in [5, 5.41) is 35.0. The molecule has 0 bridgehead atoms. The highest BCUT2D eigenvalue weighted by atomic mass is 32.2.